The Balaban J connectivity index is 2.36. The van der Waals surface area contributed by atoms with E-state index in [-0.39, 0.29) is 12.0 Å². The lowest BCUT2D eigenvalue weighted by Crippen LogP contribution is -2.38. The van der Waals surface area contributed by atoms with Crippen LogP contribution in [-0.2, 0) is 9.53 Å². The third-order valence-corrected chi connectivity index (χ3v) is 4.38. The molecular weight excluding hydrogens is 236 g/mol. The maximum atomic E-state index is 11.7. The van der Waals surface area contributed by atoms with Gasteiger partial charge in [-0.25, -0.2) is 0 Å². The molecule has 0 aromatic heterocycles. The molecule has 0 aromatic rings. The summed E-state index contributed by atoms with van der Waals surface area (Å²) in [4.78, 5) is 11.7. The van der Waals surface area contributed by atoms with Gasteiger partial charge in [-0.3, -0.25) is 4.79 Å². The molecule has 0 bridgehead atoms. The molecule has 19 heavy (non-hydrogen) atoms. The van der Waals surface area contributed by atoms with Crippen LogP contribution in [0.1, 0.15) is 79.1 Å². The summed E-state index contributed by atoms with van der Waals surface area (Å²) in [5, 5.41) is 0. The van der Waals surface area contributed by atoms with Crippen molar-refractivity contribution in [2.24, 2.45) is 11.8 Å². The third kappa shape index (κ3) is 6.07. The standard InChI is InChI=1S/C17H32O2/c1-5-6-7-8-9-10-16-11-15(14(4)18)12-17(19-16)13(2)3/h13,15-17H,5-12H2,1-4H3/t15-,16-,17-/m1/s1. The van der Waals surface area contributed by atoms with Crippen molar-refractivity contribution in [3.8, 4) is 0 Å². The molecule has 0 aliphatic carbocycles. The molecule has 0 radical (unpaired) electrons. The minimum atomic E-state index is 0.238. The normalized spacial score (nSPS) is 27.7. The monoisotopic (exact) mass is 268 g/mol. The maximum absolute atomic E-state index is 11.7. The molecule has 1 aliphatic heterocycles. The molecule has 2 heteroatoms. The molecule has 1 saturated heterocycles. The van der Waals surface area contributed by atoms with E-state index < -0.39 is 0 Å². The van der Waals surface area contributed by atoms with E-state index in [0.717, 1.165) is 19.3 Å². The molecule has 0 saturated carbocycles. The quantitative estimate of drug-likeness (QED) is 0.593. The highest BCUT2D eigenvalue weighted by atomic mass is 16.5. The molecule has 0 spiro atoms. The van der Waals surface area contributed by atoms with E-state index in [1.807, 2.05) is 0 Å². The number of unbranched alkanes of at least 4 members (excludes halogenated alkanes) is 4. The summed E-state index contributed by atoms with van der Waals surface area (Å²) in [5.41, 5.74) is 0. The van der Waals surface area contributed by atoms with Crippen LogP contribution in [0.3, 0.4) is 0 Å². The highest BCUT2D eigenvalue weighted by Crippen LogP contribution is 2.31. The van der Waals surface area contributed by atoms with Gasteiger partial charge in [0.15, 0.2) is 0 Å². The average Bonchev–Trinajstić information content (AvgIpc) is 2.38. The summed E-state index contributed by atoms with van der Waals surface area (Å²) in [5.74, 6) is 1.11. The predicted octanol–water partition coefficient (Wildman–Crippen LogP) is 4.76. The SMILES string of the molecule is CCCCCCC[C@@H]1C[C@@H](C(C)=O)C[C@H](C(C)C)O1. The molecule has 2 nitrogen and oxygen atoms in total. The lowest BCUT2D eigenvalue weighted by Gasteiger charge is -2.36. The number of ketones is 1. The molecule has 1 fully saturated rings. The fourth-order valence-electron chi connectivity index (χ4n) is 2.97. The minimum absolute atomic E-state index is 0.238. The van der Waals surface area contributed by atoms with Gasteiger partial charge in [0.25, 0.3) is 0 Å². The first kappa shape index (κ1) is 16.7. The Morgan fingerprint density at radius 3 is 2.42 bits per heavy atom. The Morgan fingerprint density at radius 2 is 1.84 bits per heavy atom. The molecule has 1 aliphatic rings. The first-order valence-electron chi connectivity index (χ1n) is 8.20. The van der Waals surface area contributed by atoms with Gasteiger partial charge in [0.1, 0.15) is 5.78 Å². The summed E-state index contributed by atoms with van der Waals surface area (Å²) in [7, 11) is 0. The molecule has 1 rings (SSSR count). The molecule has 1 heterocycles. The number of Topliss-reactive ketones (excluding diaryl/α,β-unsaturated/α-hetero) is 1. The van der Waals surface area contributed by atoms with Crippen molar-refractivity contribution in [2.45, 2.75) is 91.3 Å². The zero-order valence-corrected chi connectivity index (χ0v) is 13.3. The van der Waals surface area contributed by atoms with Gasteiger partial charge in [0, 0.05) is 5.92 Å². The van der Waals surface area contributed by atoms with E-state index in [4.69, 9.17) is 4.74 Å². The van der Waals surface area contributed by atoms with Gasteiger partial charge in [0.2, 0.25) is 0 Å². The molecule has 0 amide bonds. The average molecular weight is 268 g/mol. The Bertz CT molecular complexity index is 260. The smallest absolute Gasteiger partial charge is 0.133 e. The van der Waals surface area contributed by atoms with Gasteiger partial charge in [-0.2, -0.15) is 0 Å². The number of rotatable bonds is 8. The Morgan fingerprint density at radius 1 is 1.16 bits per heavy atom. The lowest BCUT2D eigenvalue weighted by atomic mass is 9.84. The number of hydrogen-bond donors (Lipinski definition) is 0. The highest BCUT2D eigenvalue weighted by Gasteiger charge is 2.32. The summed E-state index contributed by atoms with van der Waals surface area (Å²) >= 11 is 0. The molecule has 112 valence electrons. The van der Waals surface area contributed by atoms with Gasteiger partial charge < -0.3 is 4.74 Å². The van der Waals surface area contributed by atoms with Crippen LogP contribution in [0.5, 0.6) is 0 Å². The Hall–Kier alpha value is -0.370. The van der Waals surface area contributed by atoms with Crippen molar-refractivity contribution in [1.82, 2.24) is 0 Å². The fraction of sp³-hybridized carbons (Fsp3) is 0.941. The molecule has 0 unspecified atom stereocenters. The van der Waals surface area contributed by atoms with E-state index in [9.17, 15) is 4.79 Å². The van der Waals surface area contributed by atoms with E-state index in [0.29, 0.717) is 17.8 Å². The van der Waals surface area contributed by atoms with Crippen LogP contribution in [0, 0.1) is 11.8 Å². The van der Waals surface area contributed by atoms with Crippen LogP contribution in [0.25, 0.3) is 0 Å². The van der Waals surface area contributed by atoms with Crippen molar-refractivity contribution in [3.63, 3.8) is 0 Å². The van der Waals surface area contributed by atoms with Gasteiger partial charge in [-0.05, 0) is 32.1 Å². The molecular formula is C17H32O2. The van der Waals surface area contributed by atoms with Gasteiger partial charge in [0.05, 0.1) is 12.2 Å². The van der Waals surface area contributed by atoms with E-state index in [2.05, 4.69) is 20.8 Å². The van der Waals surface area contributed by atoms with Gasteiger partial charge >= 0.3 is 0 Å². The van der Waals surface area contributed by atoms with Crippen LogP contribution in [0.15, 0.2) is 0 Å². The maximum Gasteiger partial charge on any atom is 0.133 e. The second-order valence-electron chi connectivity index (χ2n) is 6.52. The van der Waals surface area contributed by atoms with Crippen LogP contribution in [-0.4, -0.2) is 18.0 Å². The first-order chi connectivity index (χ1) is 9.04. The second kappa shape index (κ2) is 8.73. The summed E-state index contributed by atoms with van der Waals surface area (Å²) < 4.78 is 6.18. The van der Waals surface area contributed by atoms with Crippen LogP contribution in [0.4, 0.5) is 0 Å². The lowest BCUT2D eigenvalue weighted by molar-refractivity contribution is -0.134. The van der Waals surface area contributed by atoms with Crippen molar-refractivity contribution in [1.29, 1.82) is 0 Å². The van der Waals surface area contributed by atoms with Gasteiger partial charge in [-0.1, -0.05) is 52.9 Å². The summed E-state index contributed by atoms with van der Waals surface area (Å²) in [6.07, 6.45) is 10.2. The van der Waals surface area contributed by atoms with E-state index in [1.165, 1.54) is 32.1 Å². The summed E-state index contributed by atoms with van der Waals surface area (Å²) in [6, 6.07) is 0. The van der Waals surface area contributed by atoms with Crippen molar-refractivity contribution < 1.29 is 9.53 Å². The van der Waals surface area contributed by atoms with E-state index >= 15 is 0 Å². The zero-order chi connectivity index (χ0) is 14.3. The van der Waals surface area contributed by atoms with Crippen LogP contribution < -0.4 is 0 Å². The fourth-order valence-corrected chi connectivity index (χ4v) is 2.97. The van der Waals surface area contributed by atoms with Gasteiger partial charge in [-0.15, -0.1) is 0 Å². The molecule has 0 N–H and O–H groups in total. The summed E-state index contributed by atoms with van der Waals surface area (Å²) in [6.45, 7) is 8.39. The predicted molar refractivity (Wildman–Crippen MR) is 80.3 cm³/mol. The number of ether oxygens (including phenoxy) is 1. The third-order valence-electron chi connectivity index (χ3n) is 4.38. The topological polar surface area (TPSA) is 26.3 Å². The number of carbonyl (C=O) groups excluding carboxylic acids is 1. The second-order valence-corrected chi connectivity index (χ2v) is 6.52. The zero-order valence-electron chi connectivity index (χ0n) is 13.3. The first-order valence-corrected chi connectivity index (χ1v) is 8.20. The highest BCUT2D eigenvalue weighted by molar-refractivity contribution is 5.78. The minimum Gasteiger partial charge on any atom is -0.375 e. The number of hydrogen-bond acceptors (Lipinski definition) is 2. The number of carbonyl (C=O) groups is 1. The van der Waals surface area contributed by atoms with E-state index in [1.54, 1.807) is 6.92 Å². The van der Waals surface area contributed by atoms with Crippen molar-refractivity contribution in [2.75, 3.05) is 0 Å². The Kier molecular flexibility index (Phi) is 7.67. The molecule has 3 atom stereocenters. The Labute approximate surface area is 119 Å². The van der Waals surface area contributed by atoms with Crippen LogP contribution >= 0.6 is 0 Å². The van der Waals surface area contributed by atoms with Crippen LogP contribution in [0.2, 0.25) is 0 Å². The largest absolute Gasteiger partial charge is 0.375 e. The van der Waals surface area contributed by atoms with Crippen molar-refractivity contribution in [3.05, 3.63) is 0 Å². The molecule has 0 aromatic carbocycles. The van der Waals surface area contributed by atoms with Crippen molar-refractivity contribution >= 4 is 5.78 Å².